The molecule has 0 atom stereocenters. The zero-order valence-electron chi connectivity index (χ0n) is 14.4. The van der Waals surface area contributed by atoms with Gasteiger partial charge in [0.1, 0.15) is 16.9 Å². The van der Waals surface area contributed by atoms with Crippen molar-refractivity contribution in [2.75, 3.05) is 31.1 Å². The first kappa shape index (κ1) is 16.4. The zero-order valence-corrected chi connectivity index (χ0v) is 14.4. The predicted molar refractivity (Wildman–Crippen MR) is 97.4 cm³/mol. The molecule has 2 N–H and O–H groups in total. The number of H-pyrrole nitrogens is 1. The molecule has 1 aliphatic heterocycles. The summed E-state index contributed by atoms with van der Waals surface area (Å²) in [5, 5.41) is 2.86. The molecule has 1 saturated carbocycles. The molecule has 0 amide bonds. The summed E-state index contributed by atoms with van der Waals surface area (Å²) in [6.07, 6.45) is 2.79. The molecule has 2 aliphatic rings. The maximum atomic E-state index is 15.6. The normalized spacial score (nSPS) is 17.8. The fourth-order valence-corrected chi connectivity index (χ4v) is 3.89. The van der Waals surface area contributed by atoms with Crippen molar-refractivity contribution in [2.24, 2.45) is 0 Å². The Kier molecular flexibility index (Phi) is 3.55. The first-order chi connectivity index (χ1) is 13.1. The second-order valence-electron chi connectivity index (χ2n) is 7.01. The lowest BCUT2D eigenvalue weighted by atomic mass is 10.1. The van der Waals surface area contributed by atoms with E-state index in [-0.39, 0.29) is 33.7 Å². The van der Waals surface area contributed by atoms with E-state index in [2.05, 4.69) is 15.3 Å². The van der Waals surface area contributed by atoms with Crippen molar-refractivity contribution >= 4 is 27.6 Å². The molecule has 1 aromatic carbocycles. The Morgan fingerprint density at radius 3 is 2.59 bits per heavy atom. The molecule has 3 aromatic rings. The summed E-state index contributed by atoms with van der Waals surface area (Å²) < 4.78 is 32.0. The number of nitrogens with one attached hydrogen (secondary N) is 2. The Labute approximate surface area is 151 Å². The summed E-state index contributed by atoms with van der Waals surface area (Å²) in [4.78, 5) is 33.2. The Bertz CT molecular complexity index is 1190. The van der Waals surface area contributed by atoms with E-state index >= 15 is 4.39 Å². The lowest BCUT2D eigenvalue weighted by Crippen LogP contribution is -2.44. The molecule has 1 saturated heterocycles. The largest absolute Gasteiger partial charge is 0.364 e. The number of fused-ring (bicyclic) bond motifs is 2. The van der Waals surface area contributed by atoms with E-state index in [0.29, 0.717) is 26.2 Å². The van der Waals surface area contributed by atoms with E-state index in [0.717, 1.165) is 18.9 Å². The van der Waals surface area contributed by atoms with Gasteiger partial charge >= 0.3 is 0 Å². The molecule has 2 aromatic heterocycles. The number of nitrogens with zero attached hydrogens (tertiary/aromatic N) is 3. The summed E-state index contributed by atoms with van der Waals surface area (Å²) in [6, 6.07) is 1.00. The van der Waals surface area contributed by atoms with Gasteiger partial charge in [0.25, 0.3) is 5.56 Å². The third-order valence-electron chi connectivity index (χ3n) is 5.29. The average Bonchev–Trinajstić information content (AvgIpc) is 3.49. The van der Waals surface area contributed by atoms with Crippen LogP contribution in [0.2, 0.25) is 0 Å². The molecule has 1 aliphatic carbocycles. The number of anilines is 1. The molecule has 3 heterocycles. The minimum absolute atomic E-state index is 0.0306. The van der Waals surface area contributed by atoms with Crippen molar-refractivity contribution in [3.63, 3.8) is 0 Å². The van der Waals surface area contributed by atoms with Gasteiger partial charge in [-0.25, -0.2) is 13.8 Å². The highest BCUT2D eigenvalue weighted by molar-refractivity contribution is 5.94. The molecule has 140 valence electrons. The summed E-state index contributed by atoms with van der Waals surface area (Å²) in [7, 11) is 0. The van der Waals surface area contributed by atoms with E-state index in [9.17, 15) is 14.0 Å². The number of pyridine rings is 1. The molecule has 0 bridgehead atoms. The number of halogens is 2. The molecule has 5 rings (SSSR count). The minimum Gasteiger partial charge on any atom is -0.364 e. The van der Waals surface area contributed by atoms with Gasteiger partial charge in [0.15, 0.2) is 11.5 Å². The highest BCUT2D eigenvalue weighted by Crippen LogP contribution is 2.41. The van der Waals surface area contributed by atoms with Gasteiger partial charge in [0.05, 0.1) is 17.2 Å². The number of hydrogen-bond acceptors (Lipinski definition) is 5. The second-order valence-corrected chi connectivity index (χ2v) is 7.01. The highest BCUT2D eigenvalue weighted by atomic mass is 19.1. The lowest BCUT2D eigenvalue weighted by molar-refractivity contribution is 0.539. The first-order valence-corrected chi connectivity index (χ1v) is 8.97. The molecule has 9 heteroatoms. The smallest absolute Gasteiger partial charge is 0.264 e. The van der Waals surface area contributed by atoms with Crippen LogP contribution in [0.1, 0.15) is 18.9 Å². The van der Waals surface area contributed by atoms with Crippen molar-refractivity contribution in [1.82, 2.24) is 19.9 Å². The van der Waals surface area contributed by atoms with Gasteiger partial charge in [-0.05, 0) is 18.9 Å². The van der Waals surface area contributed by atoms with Crippen molar-refractivity contribution < 1.29 is 8.78 Å². The van der Waals surface area contributed by atoms with Crippen LogP contribution in [0.5, 0.6) is 0 Å². The summed E-state index contributed by atoms with van der Waals surface area (Å²) >= 11 is 0. The first-order valence-electron chi connectivity index (χ1n) is 8.97. The van der Waals surface area contributed by atoms with Gasteiger partial charge in [-0.3, -0.25) is 9.59 Å². The fraction of sp³-hybridized carbons (Fsp3) is 0.389. The Balaban J connectivity index is 1.93. The topological polar surface area (TPSA) is 83.0 Å². The van der Waals surface area contributed by atoms with Crippen LogP contribution in [0.15, 0.2) is 22.0 Å². The van der Waals surface area contributed by atoms with Gasteiger partial charge < -0.3 is 19.8 Å². The molecule has 0 spiro atoms. The SMILES string of the molecule is O=c1[nH]cnc2c1c(=O)c1cc(F)c(N3CCNCC3)c(F)c1n2C1CC1. The maximum absolute atomic E-state index is 15.6. The molecule has 2 fully saturated rings. The van der Waals surface area contributed by atoms with Crippen LogP contribution in [0, 0.1) is 11.6 Å². The van der Waals surface area contributed by atoms with Gasteiger partial charge in [0.2, 0.25) is 5.43 Å². The summed E-state index contributed by atoms with van der Waals surface area (Å²) in [5.41, 5.74) is -1.25. The van der Waals surface area contributed by atoms with Gasteiger partial charge in [0, 0.05) is 32.2 Å². The number of benzene rings is 1. The summed E-state index contributed by atoms with van der Waals surface area (Å²) in [6.45, 7) is 2.19. The Hall–Kier alpha value is -2.81. The van der Waals surface area contributed by atoms with Crippen LogP contribution in [0.25, 0.3) is 21.9 Å². The van der Waals surface area contributed by atoms with E-state index in [1.165, 1.54) is 6.33 Å². The third-order valence-corrected chi connectivity index (χ3v) is 5.29. The van der Waals surface area contributed by atoms with Crippen molar-refractivity contribution in [2.45, 2.75) is 18.9 Å². The van der Waals surface area contributed by atoms with E-state index in [4.69, 9.17) is 0 Å². The number of aromatic amines is 1. The average molecular weight is 373 g/mol. The molecule has 27 heavy (non-hydrogen) atoms. The summed E-state index contributed by atoms with van der Waals surface area (Å²) in [5.74, 6) is -1.55. The monoisotopic (exact) mass is 373 g/mol. The molecule has 7 nitrogen and oxygen atoms in total. The molecule has 0 unspecified atom stereocenters. The number of aromatic nitrogens is 3. The van der Waals surface area contributed by atoms with E-state index < -0.39 is 22.6 Å². The quantitative estimate of drug-likeness (QED) is 0.661. The third kappa shape index (κ3) is 2.38. The van der Waals surface area contributed by atoms with Crippen LogP contribution in [-0.4, -0.2) is 40.7 Å². The van der Waals surface area contributed by atoms with Crippen molar-refractivity contribution in [3.05, 3.63) is 44.6 Å². The zero-order chi connectivity index (χ0) is 18.7. The number of hydrogen-bond donors (Lipinski definition) is 2. The fourth-order valence-electron chi connectivity index (χ4n) is 3.89. The second kappa shape index (κ2) is 5.85. The van der Waals surface area contributed by atoms with Crippen molar-refractivity contribution in [1.29, 1.82) is 0 Å². The highest BCUT2D eigenvalue weighted by Gasteiger charge is 2.32. The van der Waals surface area contributed by atoms with Crippen LogP contribution >= 0.6 is 0 Å². The number of piperazine rings is 1. The molecular weight excluding hydrogens is 356 g/mol. The van der Waals surface area contributed by atoms with Gasteiger partial charge in [-0.2, -0.15) is 0 Å². The van der Waals surface area contributed by atoms with Crippen molar-refractivity contribution in [3.8, 4) is 0 Å². The van der Waals surface area contributed by atoms with Crippen LogP contribution < -0.4 is 21.2 Å². The van der Waals surface area contributed by atoms with E-state index in [1.807, 2.05) is 0 Å². The minimum atomic E-state index is -0.791. The Morgan fingerprint density at radius 1 is 1.15 bits per heavy atom. The Morgan fingerprint density at radius 2 is 1.89 bits per heavy atom. The van der Waals surface area contributed by atoms with Gasteiger partial charge in [-0.1, -0.05) is 0 Å². The van der Waals surface area contributed by atoms with Crippen LogP contribution in [0.4, 0.5) is 14.5 Å². The predicted octanol–water partition coefficient (Wildman–Crippen LogP) is 1.26. The van der Waals surface area contributed by atoms with Crippen LogP contribution in [0.3, 0.4) is 0 Å². The van der Waals surface area contributed by atoms with Crippen LogP contribution in [-0.2, 0) is 0 Å². The lowest BCUT2D eigenvalue weighted by Gasteiger charge is -2.30. The van der Waals surface area contributed by atoms with E-state index in [1.54, 1.807) is 9.47 Å². The molecular formula is C18H17F2N5O2. The number of rotatable bonds is 2. The maximum Gasteiger partial charge on any atom is 0.264 e. The van der Waals surface area contributed by atoms with Gasteiger partial charge in [-0.15, -0.1) is 0 Å². The standard InChI is InChI=1S/C18H17F2N5O2/c19-11-7-10-14(13(20)15(11)24-5-3-21-4-6-24)25(9-1-2-9)17-12(16(10)26)18(27)23-8-22-17/h7-9,21H,1-6H2,(H,22,23,27). The molecule has 0 radical (unpaired) electrons.